The van der Waals surface area contributed by atoms with Crippen LogP contribution in [0.1, 0.15) is 25.3 Å². The van der Waals surface area contributed by atoms with Crippen molar-refractivity contribution in [3.63, 3.8) is 0 Å². The Morgan fingerprint density at radius 2 is 2.07 bits per heavy atom. The molecular formula is C13H14O2. The zero-order chi connectivity index (χ0) is 10.7. The van der Waals surface area contributed by atoms with Crippen LogP contribution in [0.15, 0.2) is 36.4 Å². The minimum absolute atomic E-state index is 0.102. The molecule has 1 unspecified atom stereocenters. The molecule has 0 N–H and O–H groups in total. The first-order chi connectivity index (χ1) is 7.18. The summed E-state index contributed by atoms with van der Waals surface area (Å²) < 4.78 is 5.24. The van der Waals surface area contributed by atoms with Crippen molar-refractivity contribution in [2.45, 2.75) is 25.4 Å². The molecule has 1 fully saturated rings. The number of hydrogen-bond acceptors (Lipinski definition) is 2. The number of hydrogen-bond donors (Lipinski definition) is 0. The van der Waals surface area contributed by atoms with Crippen molar-refractivity contribution in [1.82, 2.24) is 0 Å². The van der Waals surface area contributed by atoms with Gasteiger partial charge < -0.3 is 4.74 Å². The van der Waals surface area contributed by atoms with Crippen LogP contribution in [0.3, 0.4) is 0 Å². The molecule has 0 aromatic heterocycles. The lowest BCUT2D eigenvalue weighted by molar-refractivity contribution is -0.144. The summed E-state index contributed by atoms with van der Waals surface area (Å²) in [5.41, 5.74) is 0.717. The second-order valence-corrected chi connectivity index (χ2v) is 4.03. The van der Waals surface area contributed by atoms with E-state index in [1.165, 1.54) is 0 Å². The van der Waals surface area contributed by atoms with Crippen molar-refractivity contribution >= 4 is 12.0 Å². The smallest absolute Gasteiger partial charge is 0.306 e. The van der Waals surface area contributed by atoms with Gasteiger partial charge in [0.05, 0.1) is 0 Å². The highest BCUT2D eigenvalue weighted by atomic mass is 16.6. The third-order valence-corrected chi connectivity index (χ3v) is 2.60. The highest BCUT2D eigenvalue weighted by Crippen LogP contribution is 2.28. The van der Waals surface area contributed by atoms with E-state index in [0.29, 0.717) is 6.42 Å². The third-order valence-electron chi connectivity index (χ3n) is 2.60. The second kappa shape index (κ2) is 3.89. The number of carbonyl (C=O) groups excluding carboxylic acids is 1. The first-order valence-electron chi connectivity index (χ1n) is 5.14. The predicted molar refractivity (Wildman–Crippen MR) is 59.2 cm³/mol. The molecular weight excluding hydrogens is 188 g/mol. The average molecular weight is 202 g/mol. The number of esters is 1. The summed E-state index contributed by atoms with van der Waals surface area (Å²) in [7, 11) is 0. The summed E-state index contributed by atoms with van der Waals surface area (Å²) in [6.07, 6.45) is 5.26. The SMILES string of the molecule is CC1(/C=C/c2ccccc2)CCC(=O)O1. The normalized spacial score (nSPS) is 25.8. The molecule has 0 amide bonds. The Balaban J connectivity index is 2.09. The van der Waals surface area contributed by atoms with E-state index >= 15 is 0 Å². The van der Waals surface area contributed by atoms with Gasteiger partial charge in [0, 0.05) is 12.8 Å². The first kappa shape index (κ1) is 9.97. The summed E-state index contributed by atoms with van der Waals surface area (Å²) >= 11 is 0. The largest absolute Gasteiger partial charge is 0.455 e. The van der Waals surface area contributed by atoms with Crippen molar-refractivity contribution in [2.24, 2.45) is 0 Å². The van der Waals surface area contributed by atoms with Gasteiger partial charge in [0.2, 0.25) is 0 Å². The molecule has 1 saturated heterocycles. The molecule has 1 heterocycles. The van der Waals surface area contributed by atoms with E-state index < -0.39 is 5.60 Å². The molecule has 0 spiro atoms. The Bertz CT molecular complexity index is 381. The summed E-state index contributed by atoms with van der Waals surface area (Å²) in [6, 6.07) is 10.0. The van der Waals surface area contributed by atoms with Crippen molar-refractivity contribution in [1.29, 1.82) is 0 Å². The van der Waals surface area contributed by atoms with Crippen LogP contribution in [0, 0.1) is 0 Å². The van der Waals surface area contributed by atoms with Gasteiger partial charge in [-0.05, 0) is 18.6 Å². The second-order valence-electron chi connectivity index (χ2n) is 4.03. The zero-order valence-electron chi connectivity index (χ0n) is 8.77. The van der Waals surface area contributed by atoms with Gasteiger partial charge in [-0.3, -0.25) is 4.79 Å². The number of carbonyl (C=O) groups is 1. The number of rotatable bonds is 2. The first-order valence-corrected chi connectivity index (χ1v) is 5.14. The third kappa shape index (κ3) is 2.46. The molecule has 1 aromatic rings. The van der Waals surface area contributed by atoms with Crippen molar-refractivity contribution < 1.29 is 9.53 Å². The average Bonchev–Trinajstić information content (AvgIpc) is 2.58. The predicted octanol–water partition coefficient (Wildman–Crippen LogP) is 2.80. The Kier molecular flexibility index (Phi) is 2.58. The summed E-state index contributed by atoms with van der Waals surface area (Å²) in [6.45, 7) is 1.94. The molecule has 2 heteroatoms. The summed E-state index contributed by atoms with van der Waals surface area (Å²) in [5, 5.41) is 0. The van der Waals surface area contributed by atoms with Crippen LogP contribution in [0.2, 0.25) is 0 Å². The van der Waals surface area contributed by atoms with Crippen LogP contribution in [0.4, 0.5) is 0 Å². The van der Waals surface area contributed by atoms with E-state index in [1.807, 2.05) is 49.4 Å². The highest BCUT2D eigenvalue weighted by Gasteiger charge is 2.32. The van der Waals surface area contributed by atoms with Crippen LogP contribution >= 0.6 is 0 Å². The van der Waals surface area contributed by atoms with E-state index in [0.717, 1.165) is 12.0 Å². The molecule has 2 rings (SSSR count). The highest BCUT2D eigenvalue weighted by molar-refractivity contribution is 5.73. The molecule has 1 atom stereocenters. The Labute approximate surface area is 89.6 Å². The van der Waals surface area contributed by atoms with Gasteiger partial charge >= 0.3 is 5.97 Å². The lowest BCUT2D eigenvalue weighted by Crippen LogP contribution is -2.19. The fourth-order valence-electron chi connectivity index (χ4n) is 1.67. The van der Waals surface area contributed by atoms with Crippen LogP contribution in [0.25, 0.3) is 6.08 Å². The maximum absolute atomic E-state index is 11.0. The Morgan fingerprint density at radius 1 is 1.33 bits per heavy atom. The molecule has 1 aliphatic rings. The van der Waals surface area contributed by atoms with Gasteiger partial charge in [-0.15, -0.1) is 0 Å². The molecule has 1 aliphatic heterocycles. The fraction of sp³-hybridized carbons (Fsp3) is 0.308. The topological polar surface area (TPSA) is 26.3 Å². The maximum atomic E-state index is 11.0. The fourth-order valence-corrected chi connectivity index (χ4v) is 1.67. The molecule has 2 nitrogen and oxygen atoms in total. The standard InChI is InChI=1S/C13H14O2/c1-13(10-8-12(14)15-13)9-7-11-5-3-2-4-6-11/h2-7,9H,8,10H2,1H3/b9-7+. The number of cyclic esters (lactones) is 1. The minimum atomic E-state index is -0.410. The lowest BCUT2D eigenvalue weighted by Gasteiger charge is -2.17. The molecule has 15 heavy (non-hydrogen) atoms. The maximum Gasteiger partial charge on any atom is 0.306 e. The van der Waals surface area contributed by atoms with Gasteiger partial charge in [0.15, 0.2) is 0 Å². The summed E-state index contributed by atoms with van der Waals surface area (Å²) in [4.78, 5) is 11.0. The number of benzene rings is 1. The van der Waals surface area contributed by atoms with Gasteiger partial charge in [-0.2, -0.15) is 0 Å². The zero-order valence-corrected chi connectivity index (χ0v) is 8.77. The Hall–Kier alpha value is -1.57. The van der Waals surface area contributed by atoms with Gasteiger partial charge in [-0.1, -0.05) is 36.4 Å². The molecule has 1 aromatic carbocycles. The molecule has 0 radical (unpaired) electrons. The van der Waals surface area contributed by atoms with Crippen molar-refractivity contribution in [3.05, 3.63) is 42.0 Å². The lowest BCUT2D eigenvalue weighted by atomic mass is 10.0. The molecule has 0 saturated carbocycles. The van der Waals surface area contributed by atoms with E-state index in [4.69, 9.17) is 4.74 Å². The van der Waals surface area contributed by atoms with E-state index in [-0.39, 0.29) is 5.97 Å². The quantitative estimate of drug-likeness (QED) is 0.689. The monoisotopic (exact) mass is 202 g/mol. The minimum Gasteiger partial charge on any atom is -0.455 e. The molecule has 78 valence electrons. The van der Waals surface area contributed by atoms with Gasteiger partial charge in [0.1, 0.15) is 5.60 Å². The van der Waals surface area contributed by atoms with E-state index in [2.05, 4.69) is 0 Å². The summed E-state index contributed by atoms with van der Waals surface area (Å²) in [5.74, 6) is -0.102. The van der Waals surface area contributed by atoms with Crippen LogP contribution in [0.5, 0.6) is 0 Å². The van der Waals surface area contributed by atoms with Gasteiger partial charge in [-0.25, -0.2) is 0 Å². The van der Waals surface area contributed by atoms with Crippen molar-refractivity contribution in [2.75, 3.05) is 0 Å². The van der Waals surface area contributed by atoms with E-state index in [9.17, 15) is 4.79 Å². The molecule has 0 bridgehead atoms. The molecule has 0 aliphatic carbocycles. The Morgan fingerprint density at radius 3 is 2.67 bits per heavy atom. The van der Waals surface area contributed by atoms with Crippen LogP contribution in [-0.4, -0.2) is 11.6 Å². The van der Waals surface area contributed by atoms with Crippen LogP contribution in [-0.2, 0) is 9.53 Å². The van der Waals surface area contributed by atoms with E-state index in [1.54, 1.807) is 0 Å². The van der Waals surface area contributed by atoms with Gasteiger partial charge in [0.25, 0.3) is 0 Å². The van der Waals surface area contributed by atoms with Crippen molar-refractivity contribution in [3.8, 4) is 0 Å². The van der Waals surface area contributed by atoms with Crippen LogP contribution < -0.4 is 0 Å². The number of ether oxygens (including phenoxy) is 1.